The van der Waals surface area contributed by atoms with Crippen molar-refractivity contribution in [3.05, 3.63) is 0 Å². The van der Waals surface area contributed by atoms with E-state index in [4.69, 9.17) is 4.74 Å². The van der Waals surface area contributed by atoms with Gasteiger partial charge in [0.1, 0.15) is 0 Å². The van der Waals surface area contributed by atoms with Gasteiger partial charge in [-0.1, -0.05) is 27.2 Å². The van der Waals surface area contributed by atoms with Crippen molar-refractivity contribution in [3.63, 3.8) is 0 Å². The minimum absolute atomic E-state index is 0.00662. The van der Waals surface area contributed by atoms with Crippen LogP contribution in [0.5, 0.6) is 0 Å². The molecular weight excluding hydrogens is 195 g/mol. The molecule has 0 unspecified atom stereocenters. The predicted molar refractivity (Wildman–Crippen MR) is 63.4 cm³/mol. The Bertz CT molecular complexity index is 144. The molecule has 0 amide bonds. The molecule has 3 heteroatoms. The minimum atomic E-state index is -0.00662. The number of hydrogen-bond donors (Lipinski definition) is 0. The van der Waals surface area contributed by atoms with E-state index in [1.54, 1.807) is 0 Å². The van der Waals surface area contributed by atoms with Crippen LogP contribution in [-0.4, -0.2) is 31.1 Å². The highest BCUT2D eigenvalue weighted by molar-refractivity contribution is 7.57. The molecule has 0 aromatic carbocycles. The molecule has 0 aliphatic heterocycles. The van der Waals surface area contributed by atoms with Crippen molar-refractivity contribution >= 4 is 13.9 Å². The Morgan fingerprint density at radius 3 is 2.36 bits per heavy atom. The molecule has 2 nitrogen and oxygen atoms in total. The van der Waals surface area contributed by atoms with E-state index in [2.05, 4.69) is 20.8 Å². The summed E-state index contributed by atoms with van der Waals surface area (Å²) in [6.45, 7) is 7.11. The first-order valence-corrected chi connectivity index (χ1v) is 7.52. The van der Waals surface area contributed by atoms with Crippen molar-refractivity contribution in [3.8, 4) is 0 Å². The number of rotatable bonds is 8. The van der Waals surface area contributed by atoms with Crippen LogP contribution in [0.3, 0.4) is 0 Å². The Hall–Kier alpha value is -0.100. The van der Waals surface area contributed by atoms with Crippen molar-refractivity contribution in [1.29, 1.82) is 0 Å². The first-order chi connectivity index (χ1) is 6.74. The summed E-state index contributed by atoms with van der Waals surface area (Å²) in [6.07, 6.45) is 6.21. The molecule has 0 fully saturated rings. The zero-order valence-corrected chi connectivity index (χ0v) is 10.6. The van der Waals surface area contributed by atoms with Gasteiger partial charge in [0.05, 0.1) is 6.61 Å². The van der Waals surface area contributed by atoms with E-state index in [9.17, 15) is 4.79 Å². The Morgan fingerprint density at radius 2 is 1.86 bits per heavy atom. The topological polar surface area (TPSA) is 26.3 Å². The summed E-state index contributed by atoms with van der Waals surface area (Å²) in [5.74, 6) is -0.00662. The molecular formula is C11H23O2P. The lowest BCUT2D eigenvalue weighted by molar-refractivity contribution is -0.143. The molecule has 0 saturated carbocycles. The summed E-state index contributed by atoms with van der Waals surface area (Å²) in [7, 11) is 0.0918. The fourth-order valence-electron chi connectivity index (χ4n) is 1.19. The molecule has 0 atom stereocenters. The number of esters is 1. The Morgan fingerprint density at radius 1 is 1.21 bits per heavy atom. The average molecular weight is 218 g/mol. The summed E-state index contributed by atoms with van der Waals surface area (Å²) in [5.41, 5.74) is 0. The van der Waals surface area contributed by atoms with E-state index in [1.807, 2.05) is 0 Å². The van der Waals surface area contributed by atoms with E-state index >= 15 is 0 Å². The van der Waals surface area contributed by atoms with Gasteiger partial charge in [-0.2, -0.15) is 0 Å². The average Bonchev–Trinajstić information content (AvgIpc) is 2.20. The van der Waals surface area contributed by atoms with E-state index in [0.29, 0.717) is 13.0 Å². The maximum Gasteiger partial charge on any atom is 0.306 e. The zero-order valence-electron chi connectivity index (χ0n) is 9.71. The van der Waals surface area contributed by atoms with Crippen LogP contribution in [0.4, 0.5) is 0 Å². The monoisotopic (exact) mass is 218 g/mol. The minimum Gasteiger partial charge on any atom is -0.466 e. The first kappa shape index (κ1) is 13.9. The molecule has 0 N–H and O–H groups in total. The maximum atomic E-state index is 11.2. The third-order valence-corrected chi connectivity index (χ3v) is 4.93. The van der Waals surface area contributed by atoms with Crippen molar-refractivity contribution in [2.45, 2.75) is 40.0 Å². The third kappa shape index (κ3) is 7.32. The van der Waals surface area contributed by atoms with Gasteiger partial charge < -0.3 is 4.74 Å². The smallest absolute Gasteiger partial charge is 0.306 e. The molecule has 0 aromatic rings. The maximum absolute atomic E-state index is 11.2. The number of ether oxygens (including phenoxy) is 1. The second kappa shape index (κ2) is 9.45. The standard InChI is InChI=1S/C11H23O2P/c1-4-7-9-13-11(12)8-10-14(5-2)6-3/h4-10H2,1-3H3. The summed E-state index contributed by atoms with van der Waals surface area (Å²) in [6, 6.07) is 0. The lowest BCUT2D eigenvalue weighted by atomic mass is 10.4. The number of hydrogen-bond acceptors (Lipinski definition) is 2. The fourth-order valence-corrected chi connectivity index (χ4v) is 2.77. The van der Waals surface area contributed by atoms with Gasteiger partial charge >= 0.3 is 5.97 Å². The highest BCUT2D eigenvalue weighted by Gasteiger charge is 2.07. The van der Waals surface area contributed by atoms with Crippen LogP contribution in [-0.2, 0) is 9.53 Å². The summed E-state index contributed by atoms with van der Waals surface area (Å²) < 4.78 is 5.09. The van der Waals surface area contributed by atoms with Crippen molar-refractivity contribution in [2.24, 2.45) is 0 Å². The third-order valence-electron chi connectivity index (χ3n) is 2.29. The molecule has 0 saturated heterocycles. The molecule has 0 spiro atoms. The molecule has 0 aromatic heterocycles. The molecule has 0 radical (unpaired) electrons. The first-order valence-electron chi connectivity index (χ1n) is 5.62. The van der Waals surface area contributed by atoms with Crippen molar-refractivity contribution in [1.82, 2.24) is 0 Å². The van der Waals surface area contributed by atoms with Gasteiger partial charge in [0.15, 0.2) is 0 Å². The second-order valence-corrected chi connectivity index (χ2v) is 6.40. The van der Waals surface area contributed by atoms with E-state index in [1.165, 1.54) is 12.3 Å². The number of carbonyl (C=O) groups excluding carboxylic acids is 1. The zero-order chi connectivity index (χ0) is 10.8. The normalized spacial score (nSPS) is 10.6. The van der Waals surface area contributed by atoms with E-state index in [0.717, 1.165) is 19.0 Å². The molecule has 0 rings (SSSR count). The Labute approximate surface area is 89.2 Å². The summed E-state index contributed by atoms with van der Waals surface area (Å²) in [5, 5.41) is 0. The SMILES string of the molecule is CCCCOC(=O)CCP(CC)CC. The van der Waals surface area contributed by atoms with Gasteiger partial charge in [0.2, 0.25) is 0 Å². The predicted octanol–water partition coefficient (Wildman–Crippen LogP) is 3.24. The van der Waals surface area contributed by atoms with Crippen LogP contribution in [0.1, 0.15) is 40.0 Å². The van der Waals surface area contributed by atoms with Gasteiger partial charge in [-0.05, 0) is 24.9 Å². The van der Waals surface area contributed by atoms with Gasteiger partial charge in [0, 0.05) is 6.42 Å². The number of unbranched alkanes of at least 4 members (excludes halogenated alkanes) is 1. The summed E-state index contributed by atoms with van der Waals surface area (Å²) in [4.78, 5) is 11.2. The quantitative estimate of drug-likeness (QED) is 0.355. The van der Waals surface area contributed by atoms with Gasteiger partial charge in [0.25, 0.3) is 0 Å². The van der Waals surface area contributed by atoms with Crippen molar-refractivity contribution < 1.29 is 9.53 Å². The van der Waals surface area contributed by atoms with Crippen LogP contribution < -0.4 is 0 Å². The van der Waals surface area contributed by atoms with Crippen LogP contribution in [0, 0.1) is 0 Å². The molecule has 0 bridgehead atoms. The second-order valence-electron chi connectivity index (χ2n) is 3.35. The number of carbonyl (C=O) groups is 1. The van der Waals surface area contributed by atoms with Gasteiger partial charge in [-0.15, -0.1) is 7.92 Å². The van der Waals surface area contributed by atoms with Crippen LogP contribution >= 0.6 is 7.92 Å². The fraction of sp³-hybridized carbons (Fsp3) is 0.909. The summed E-state index contributed by atoms with van der Waals surface area (Å²) >= 11 is 0. The largest absolute Gasteiger partial charge is 0.466 e. The van der Waals surface area contributed by atoms with Crippen molar-refractivity contribution in [2.75, 3.05) is 25.1 Å². The molecule has 84 valence electrons. The van der Waals surface area contributed by atoms with Crippen LogP contribution in [0.15, 0.2) is 0 Å². The van der Waals surface area contributed by atoms with E-state index in [-0.39, 0.29) is 13.9 Å². The molecule has 0 aliphatic rings. The lowest BCUT2D eigenvalue weighted by Gasteiger charge is -2.12. The van der Waals surface area contributed by atoms with E-state index < -0.39 is 0 Å². The highest BCUT2D eigenvalue weighted by Crippen LogP contribution is 2.34. The van der Waals surface area contributed by atoms with Gasteiger partial charge in [-0.3, -0.25) is 4.79 Å². The Balaban J connectivity index is 3.42. The highest BCUT2D eigenvalue weighted by atomic mass is 31.1. The Kier molecular flexibility index (Phi) is 9.39. The molecule has 0 heterocycles. The molecule has 0 aliphatic carbocycles. The lowest BCUT2D eigenvalue weighted by Crippen LogP contribution is -2.07. The molecule has 14 heavy (non-hydrogen) atoms. The van der Waals surface area contributed by atoms with Crippen LogP contribution in [0.25, 0.3) is 0 Å². The van der Waals surface area contributed by atoms with Crippen LogP contribution in [0.2, 0.25) is 0 Å². The van der Waals surface area contributed by atoms with Gasteiger partial charge in [-0.25, -0.2) is 0 Å².